The second-order valence-electron chi connectivity index (χ2n) is 4.11. The largest absolute Gasteiger partial charge is 0.478 e. The molecule has 1 N–H and O–H groups in total. The zero-order valence-corrected chi connectivity index (χ0v) is 12.3. The summed E-state index contributed by atoms with van der Waals surface area (Å²) in [6, 6.07) is 4.19. The van der Waals surface area contributed by atoms with Gasteiger partial charge < -0.3 is 9.84 Å². The second kappa shape index (κ2) is 5.88. The first-order valence-corrected chi connectivity index (χ1v) is 6.49. The monoisotopic (exact) mass is 352 g/mol. The normalized spacial score (nSPS) is 10.2. The SMILES string of the molecule is Cc1cc(Br)cc([N+](=O)[O-])c1Oc1cnccc1C(=O)O. The summed E-state index contributed by atoms with van der Waals surface area (Å²) in [5, 5.41) is 20.2. The summed E-state index contributed by atoms with van der Waals surface area (Å²) in [4.78, 5) is 25.4. The number of carbonyl (C=O) groups is 1. The first-order valence-electron chi connectivity index (χ1n) is 5.70. The second-order valence-corrected chi connectivity index (χ2v) is 5.02. The summed E-state index contributed by atoms with van der Waals surface area (Å²) in [5.41, 5.74) is 0.111. The Kier molecular flexibility index (Phi) is 4.18. The minimum atomic E-state index is -1.20. The van der Waals surface area contributed by atoms with E-state index in [1.165, 1.54) is 24.5 Å². The van der Waals surface area contributed by atoms with E-state index in [0.29, 0.717) is 10.0 Å². The molecule has 0 saturated carbocycles. The van der Waals surface area contributed by atoms with Crippen LogP contribution in [0.2, 0.25) is 0 Å². The fourth-order valence-electron chi connectivity index (χ4n) is 1.73. The highest BCUT2D eigenvalue weighted by molar-refractivity contribution is 9.10. The number of hydrogen-bond acceptors (Lipinski definition) is 5. The zero-order valence-electron chi connectivity index (χ0n) is 10.7. The molecule has 7 nitrogen and oxygen atoms in total. The number of rotatable bonds is 4. The van der Waals surface area contributed by atoms with Gasteiger partial charge in [0.2, 0.25) is 5.75 Å². The van der Waals surface area contributed by atoms with Gasteiger partial charge in [-0.15, -0.1) is 0 Å². The summed E-state index contributed by atoms with van der Waals surface area (Å²) < 4.78 is 5.97. The Hall–Kier alpha value is -2.48. The Balaban J connectivity index is 2.55. The van der Waals surface area contributed by atoms with Crippen molar-refractivity contribution < 1.29 is 19.6 Å². The van der Waals surface area contributed by atoms with Crippen molar-refractivity contribution in [3.05, 3.63) is 56.3 Å². The maximum Gasteiger partial charge on any atom is 0.339 e. The number of ether oxygens (including phenoxy) is 1. The predicted molar refractivity (Wildman–Crippen MR) is 76.8 cm³/mol. The maximum absolute atomic E-state index is 11.1. The topological polar surface area (TPSA) is 103 Å². The molecular weight excluding hydrogens is 344 g/mol. The average molecular weight is 353 g/mol. The van der Waals surface area contributed by atoms with Gasteiger partial charge in [0.15, 0.2) is 5.75 Å². The van der Waals surface area contributed by atoms with Crippen LogP contribution in [0.25, 0.3) is 0 Å². The maximum atomic E-state index is 11.1. The van der Waals surface area contributed by atoms with Crippen LogP contribution >= 0.6 is 15.9 Å². The molecule has 0 amide bonds. The van der Waals surface area contributed by atoms with Crippen LogP contribution in [0.4, 0.5) is 5.69 Å². The van der Waals surface area contributed by atoms with E-state index in [1.807, 2.05) is 0 Å². The Morgan fingerprint density at radius 2 is 2.19 bits per heavy atom. The minimum absolute atomic E-state index is 0.0151. The first-order chi connectivity index (χ1) is 9.90. The molecule has 108 valence electrons. The Morgan fingerprint density at radius 3 is 2.81 bits per heavy atom. The molecule has 0 saturated heterocycles. The third kappa shape index (κ3) is 3.16. The van der Waals surface area contributed by atoms with Crippen LogP contribution in [-0.2, 0) is 0 Å². The highest BCUT2D eigenvalue weighted by Gasteiger charge is 2.22. The molecule has 0 aliphatic rings. The molecule has 0 aliphatic carbocycles. The molecule has 1 aromatic heterocycles. The summed E-state index contributed by atoms with van der Waals surface area (Å²) >= 11 is 3.17. The zero-order chi connectivity index (χ0) is 15.6. The molecule has 21 heavy (non-hydrogen) atoms. The lowest BCUT2D eigenvalue weighted by Crippen LogP contribution is -2.02. The van der Waals surface area contributed by atoms with Gasteiger partial charge in [-0.2, -0.15) is 0 Å². The molecule has 1 aromatic carbocycles. The van der Waals surface area contributed by atoms with Crippen molar-refractivity contribution in [2.24, 2.45) is 0 Å². The number of nitro groups is 1. The van der Waals surface area contributed by atoms with E-state index in [4.69, 9.17) is 9.84 Å². The summed E-state index contributed by atoms with van der Waals surface area (Å²) in [7, 11) is 0. The van der Waals surface area contributed by atoms with Gasteiger partial charge in [0.1, 0.15) is 5.56 Å². The molecule has 0 bridgehead atoms. The predicted octanol–water partition coefficient (Wildman–Crippen LogP) is 3.55. The van der Waals surface area contributed by atoms with Crippen LogP contribution < -0.4 is 4.74 Å². The van der Waals surface area contributed by atoms with Crippen LogP contribution in [0.15, 0.2) is 35.1 Å². The highest BCUT2D eigenvalue weighted by atomic mass is 79.9. The highest BCUT2D eigenvalue weighted by Crippen LogP contribution is 2.37. The van der Waals surface area contributed by atoms with Crippen LogP contribution in [-0.4, -0.2) is 21.0 Å². The molecule has 0 radical (unpaired) electrons. The fraction of sp³-hybridized carbons (Fsp3) is 0.0769. The summed E-state index contributed by atoms with van der Waals surface area (Å²) in [6.45, 7) is 1.63. The van der Waals surface area contributed by atoms with Gasteiger partial charge in [-0.05, 0) is 24.6 Å². The van der Waals surface area contributed by atoms with Crippen LogP contribution in [0.1, 0.15) is 15.9 Å². The number of aromatic carboxylic acids is 1. The lowest BCUT2D eigenvalue weighted by molar-refractivity contribution is -0.385. The average Bonchev–Trinajstić information content (AvgIpc) is 2.41. The lowest BCUT2D eigenvalue weighted by Gasteiger charge is -2.11. The van der Waals surface area contributed by atoms with Crippen molar-refractivity contribution in [1.29, 1.82) is 0 Å². The number of aryl methyl sites for hydroxylation is 1. The molecule has 0 atom stereocenters. The molecule has 1 heterocycles. The van der Waals surface area contributed by atoms with E-state index in [1.54, 1.807) is 13.0 Å². The van der Waals surface area contributed by atoms with E-state index >= 15 is 0 Å². The molecule has 8 heteroatoms. The van der Waals surface area contributed by atoms with E-state index in [9.17, 15) is 14.9 Å². The van der Waals surface area contributed by atoms with E-state index in [0.717, 1.165) is 0 Å². The molecule has 0 spiro atoms. The smallest absolute Gasteiger partial charge is 0.339 e. The molecule has 2 aromatic rings. The third-order valence-corrected chi connectivity index (χ3v) is 3.10. The number of aromatic nitrogens is 1. The van der Waals surface area contributed by atoms with Crippen molar-refractivity contribution in [2.45, 2.75) is 6.92 Å². The Bertz CT molecular complexity index is 732. The number of nitrogens with zero attached hydrogens (tertiary/aromatic N) is 2. The van der Waals surface area contributed by atoms with Crippen LogP contribution in [0.5, 0.6) is 11.5 Å². The fourth-order valence-corrected chi connectivity index (χ4v) is 2.29. The molecular formula is C13H9BrN2O5. The Labute approximate surface area is 127 Å². The first kappa shape index (κ1) is 14.9. The number of halogens is 1. The van der Waals surface area contributed by atoms with Gasteiger partial charge in [-0.3, -0.25) is 15.1 Å². The molecule has 0 unspecified atom stereocenters. The summed E-state index contributed by atoms with van der Waals surface area (Å²) in [6.07, 6.45) is 2.51. The van der Waals surface area contributed by atoms with Gasteiger partial charge >= 0.3 is 11.7 Å². The van der Waals surface area contributed by atoms with Crippen molar-refractivity contribution in [2.75, 3.05) is 0 Å². The van der Waals surface area contributed by atoms with Gasteiger partial charge in [0.05, 0.1) is 11.1 Å². The number of nitro benzene ring substituents is 1. The van der Waals surface area contributed by atoms with Gasteiger partial charge in [0, 0.05) is 16.7 Å². The molecule has 0 fully saturated rings. The molecule has 0 aliphatic heterocycles. The molecule has 2 rings (SSSR count). The summed E-state index contributed by atoms with van der Waals surface area (Å²) in [5.74, 6) is -1.28. The third-order valence-electron chi connectivity index (χ3n) is 2.64. The van der Waals surface area contributed by atoms with Crippen LogP contribution in [0, 0.1) is 17.0 Å². The van der Waals surface area contributed by atoms with E-state index in [2.05, 4.69) is 20.9 Å². The minimum Gasteiger partial charge on any atom is -0.478 e. The number of hydrogen-bond donors (Lipinski definition) is 1. The van der Waals surface area contributed by atoms with Crippen LogP contribution in [0.3, 0.4) is 0 Å². The quantitative estimate of drug-likeness (QED) is 0.666. The number of benzene rings is 1. The number of carboxylic acid groups (broad SMARTS) is 1. The van der Waals surface area contributed by atoms with Crippen molar-refractivity contribution in [3.63, 3.8) is 0 Å². The van der Waals surface area contributed by atoms with Crippen molar-refractivity contribution in [3.8, 4) is 11.5 Å². The van der Waals surface area contributed by atoms with Gasteiger partial charge in [-0.1, -0.05) is 15.9 Å². The van der Waals surface area contributed by atoms with E-state index < -0.39 is 10.9 Å². The van der Waals surface area contributed by atoms with Crippen molar-refractivity contribution >= 4 is 27.6 Å². The lowest BCUT2D eigenvalue weighted by atomic mass is 10.2. The van der Waals surface area contributed by atoms with E-state index in [-0.39, 0.29) is 22.7 Å². The number of pyridine rings is 1. The Morgan fingerprint density at radius 1 is 1.48 bits per heavy atom. The van der Waals surface area contributed by atoms with Crippen molar-refractivity contribution in [1.82, 2.24) is 4.98 Å². The number of carboxylic acids is 1. The van der Waals surface area contributed by atoms with Gasteiger partial charge in [0.25, 0.3) is 0 Å². The van der Waals surface area contributed by atoms with Gasteiger partial charge in [-0.25, -0.2) is 4.79 Å². The standard InChI is InChI=1S/C13H9BrN2O5/c1-7-4-8(14)5-10(16(19)20)12(7)21-11-6-15-3-2-9(11)13(17)18/h2-6H,1H3,(H,17,18).